The summed E-state index contributed by atoms with van der Waals surface area (Å²) in [5.41, 5.74) is 2.03. The number of hydrogen-bond acceptors (Lipinski definition) is 0. The fraction of sp³-hybridized carbons (Fsp3) is 0.615. The van der Waals surface area contributed by atoms with Crippen LogP contribution in [0, 0.1) is 29.4 Å². The van der Waals surface area contributed by atoms with Gasteiger partial charge in [-0.3, -0.25) is 0 Å². The van der Waals surface area contributed by atoms with Gasteiger partial charge in [-0.1, -0.05) is 50.1 Å². The molecule has 1 atom stereocenters. The lowest BCUT2D eigenvalue weighted by Crippen LogP contribution is -2.22. The van der Waals surface area contributed by atoms with E-state index >= 15 is 0 Å². The quantitative estimate of drug-likeness (QED) is 0.327. The molecule has 0 spiro atoms. The molecule has 0 nitrogen and oxygen atoms in total. The van der Waals surface area contributed by atoms with E-state index in [1.54, 1.807) is 6.07 Å². The van der Waals surface area contributed by atoms with Crippen LogP contribution in [0.3, 0.4) is 0 Å². The first-order valence-corrected chi connectivity index (χ1v) is 11.4. The molecular weight excluding hydrogens is 350 g/mol. The van der Waals surface area contributed by atoms with E-state index in [0.29, 0.717) is 17.5 Å². The summed E-state index contributed by atoms with van der Waals surface area (Å²) in [5, 5.41) is 0. The van der Waals surface area contributed by atoms with Crippen molar-refractivity contribution in [2.45, 2.75) is 84.5 Å². The lowest BCUT2D eigenvalue weighted by molar-refractivity contribution is 0.212. The Bertz CT molecular complexity index is 693. The summed E-state index contributed by atoms with van der Waals surface area (Å²) < 4.78 is 29.2. The van der Waals surface area contributed by atoms with Gasteiger partial charge in [-0.25, -0.2) is 8.78 Å². The Morgan fingerprint density at radius 1 is 0.964 bits per heavy atom. The Morgan fingerprint density at radius 2 is 1.75 bits per heavy atom. The van der Waals surface area contributed by atoms with Gasteiger partial charge in [0.05, 0.1) is 0 Å². The Hall–Kier alpha value is -1.44. The molecule has 0 N–H and O–H groups in total. The molecule has 0 saturated heterocycles. The smallest absolute Gasteiger partial charge is 0.166 e. The molecule has 0 bridgehead atoms. The van der Waals surface area contributed by atoms with Gasteiger partial charge in [-0.15, -0.1) is 0 Å². The second kappa shape index (κ2) is 10.4. The van der Waals surface area contributed by atoms with E-state index in [1.165, 1.54) is 25.7 Å². The molecule has 154 valence electrons. The van der Waals surface area contributed by atoms with Gasteiger partial charge in [0.2, 0.25) is 0 Å². The van der Waals surface area contributed by atoms with E-state index in [-0.39, 0.29) is 0 Å². The SMILES string of the molecule is CC=CC1CCC(C2CC=C(c3ccc(CCCCC)c(F)c3F)CC2)CC1. The number of unbranched alkanes of at least 4 members (excludes halogenated alkanes) is 2. The van der Waals surface area contributed by atoms with Crippen molar-refractivity contribution in [3.63, 3.8) is 0 Å². The number of allylic oxidation sites excluding steroid dienone is 4. The second-order valence-electron chi connectivity index (χ2n) is 8.82. The number of aryl methyl sites for hydroxylation is 1. The highest BCUT2D eigenvalue weighted by molar-refractivity contribution is 5.67. The van der Waals surface area contributed by atoms with Crippen LogP contribution >= 0.6 is 0 Å². The van der Waals surface area contributed by atoms with Gasteiger partial charge >= 0.3 is 0 Å². The molecule has 0 aliphatic heterocycles. The summed E-state index contributed by atoms with van der Waals surface area (Å²) in [4.78, 5) is 0. The van der Waals surface area contributed by atoms with Gasteiger partial charge < -0.3 is 0 Å². The first-order chi connectivity index (χ1) is 13.6. The highest BCUT2D eigenvalue weighted by atomic mass is 19.2. The van der Waals surface area contributed by atoms with Crippen LogP contribution < -0.4 is 0 Å². The van der Waals surface area contributed by atoms with Crippen LogP contribution in [0.5, 0.6) is 0 Å². The minimum atomic E-state index is -0.634. The zero-order valence-electron chi connectivity index (χ0n) is 17.7. The van der Waals surface area contributed by atoms with Crippen LogP contribution in [-0.2, 0) is 6.42 Å². The van der Waals surface area contributed by atoms with Crippen molar-refractivity contribution in [2.24, 2.45) is 17.8 Å². The van der Waals surface area contributed by atoms with Gasteiger partial charge in [0.25, 0.3) is 0 Å². The van der Waals surface area contributed by atoms with Crippen LogP contribution in [0.15, 0.2) is 30.4 Å². The van der Waals surface area contributed by atoms with Crippen molar-refractivity contribution >= 4 is 5.57 Å². The van der Waals surface area contributed by atoms with Crippen molar-refractivity contribution in [1.82, 2.24) is 0 Å². The predicted octanol–water partition coefficient (Wildman–Crippen LogP) is 8.26. The average molecular weight is 387 g/mol. The molecule has 1 unspecified atom stereocenters. The number of hydrogen-bond donors (Lipinski definition) is 0. The van der Waals surface area contributed by atoms with Crippen LogP contribution in [0.1, 0.15) is 89.2 Å². The van der Waals surface area contributed by atoms with E-state index in [9.17, 15) is 8.78 Å². The average Bonchev–Trinajstić information content (AvgIpc) is 2.72. The summed E-state index contributed by atoms with van der Waals surface area (Å²) in [5.74, 6) is 1.03. The molecule has 2 aliphatic carbocycles. The molecule has 1 saturated carbocycles. The maximum Gasteiger partial charge on any atom is 0.166 e. The number of halogens is 2. The van der Waals surface area contributed by atoms with Crippen LogP contribution in [0.2, 0.25) is 0 Å². The van der Waals surface area contributed by atoms with Crippen LogP contribution in [0.4, 0.5) is 8.78 Å². The molecule has 0 aromatic heterocycles. The standard InChI is InChI=1S/C26H36F2/c1-3-5-6-8-23-17-18-24(26(28)25(23)27)22-15-13-21(14-16-22)20-11-9-19(7-4-2)10-12-20/h4,7,15,17-21H,3,5-6,8-14,16H2,1-2H3. The molecule has 1 aromatic rings. The van der Waals surface area contributed by atoms with E-state index < -0.39 is 11.6 Å². The minimum absolute atomic E-state index is 0.493. The summed E-state index contributed by atoms with van der Waals surface area (Å²) in [6, 6.07) is 3.62. The first kappa shape index (κ1) is 21.3. The van der Waals surface area contributed by atoms with Crippen molar-refractivity contribution in [2.75, 3.05) is 0 Å². The summed E-state index contributed by atoms with van der Waals surface area (Å²) in [6.07, 6.45) is 18.7. The molecule has 28 heavy (non-hydrogen) atoms. The lowest BCUT2D eigenvalue weighted by Gasteiger charge is -2.35. The Labute approximate surface area is 170 Å². The highest BCUT2D eigenvalue weighted by Gasteiger charge is 2.28. The molecule has 2 aliphatic rings. The molecule has 2 heteroatoms. The fourth-order valence-electron chi connectivity index (χ4n) is 5.20. The van der Waals surface area contributed by atoms with Gasteiger partial charge in [-0.2, -0.15) is 0 Å². The maximum absolute atomic E-state index is 14.7. The van der Waals surface area contributed by atoms with Crippen LogP contribution in [0.25, 0.3) is 5.57 Å². The third-order valence-corrected chi connectivity index (χ3v) is 6.96. The molecule has 1 aromatic carbocycles. The summed E-state index contributed by atoms with van der Waals surface area (Å²) >= 11 is 0. The second-order valence-corrected chi connectivity index (χ2v) is 8.82. The Morgan fingerprint density at radius 3 is 2.39 bits per heavy atom. The van der Waals surface area contributed by atoms with Gasteiger partial charge in [-0.05, 0) is 93.6 Å². The topological polar surface area (TPSA) is 0 Å². The fourth-order valence-corrected chi connectivity index (χ4v) is 5.20. The van der Waals surface area contributed by atoms with Gasteiger partial charge in [0.1, 0.15) is 0 Å². The zero-order chi connectivity index (χ0) is 19.9. The first-order valence-electron chi connectivity index (χ1n) is 11.4. The van der Waals surface area contributed by atoms with Crippen molar-refractivity contribution in [3.8, 4) is 0 Å². The predicted molar refractivity (Wildman–Crippen MR) is 115 cm³/mol. The van der Waals surface area contributed by atoms with E-state index in [4.69, 9.17) is 0 Å². The normalized spacial score (nSPS) is 25.9. The van der Waals surface area contributed by atoms with Crippen LogP contribution in [-0.4, -0.2) is 0 Å². The van der Waals surface area contributed by atoms with Crippen molar-refractivity contribution < 1.29 is 8.78 Å². The molecule has 0 amide bonds. The highest BCUT2D eigenvalue weighted by Crippen LogP contribution is 2.42. The third kappa shape index (κ3) is 5.13. The Balaban J connectivity index is 1.61. The minimum Gasteiger partial charge on any atom is -0.203 e. The molecule has 3 rings (SSSR count). The van der Waals surface area contributed by atoms with Crippen molar-refractivity contribution in [1.29, 1.82) is 0 Å². The molecule has 0 heterocycles. The summed E-state index contributed by atoms with van der Waals surface area (Å²) in [6.45, 7) is 4.23. The number of benzene rings is 1. The Kier molecular flexibility index (Phi) is 7.88. The molecule has 1 fully saturated rings. The van der Waals surface area contributed by atoms with E-state index in [1.807, 2.05) is 6.07 Å². The monoisotopic (exact) mass is 386 g/mol. The molecular formula is C26H36F2. The zero-order valence-corrected chi connectivity index (χ0v) is 17.7. The summed E-state index contributed by atoms with van der Waals surface area (Å²) in [7, 11) is 0. The third-order valence-electron chi connectivity index (χ3n) is 6.96. The lowest BCUT2D eigenvalue weighted by atomic mass is 9.71. The number of rotatable bonds is 7. The molecule has 0 radical (unpaired) electrons. The van der Waals surface area contributed by atoms with Gasteiger partial charge in [0, 0.05) is 5.56 Å². The van der Waals surface area contributed by atoms with Gasteiger partial charge in [0.15, 0.2) is 11.6 Å². The van der Waals surface area contributed by atoms with Crippen molar-refractivity contribution in [3.05, 3.63) is 53.1 Å². The maximum atomic E-state index is 14.7. The largest absolute Gasteiger partial charge is 0.203 e. The van der Waals surface area contributed by atoms with E-state index in [2.05, 4.69) is 32.1 Å². The van der Waals surface area contributed by atoms with E-state index in [0.717, 1.165) is 61.9 Å².